The SMILES string of the molecule is Cc1c(C)c2c(C)cc3ccc4ccc5ccc6ccc1c1c6c5c4c3c21. The summed E-state index contributed by atoms with van der Waals surface area (Å²) in [6, 6.07) is 20.8. The summed E-state index contributed by atoms with van der Waals surface area (Å²) < 4.78 is 0. The van der Waals surface area contributed by atoms with Crippen molar-refractivity contribution in [2.24, 2.45) is 0 Å². The van der Waals surface area contributed by atoms with Crippen LogP contribution in [0.5, 0.6) is 0 Å². The van der Waals surface area contributed by atoms with E-state index in [1.165, 1.54) is 81.3 Å². The zero-order chi connectivity index (χ0) is 18.0. The first-order valence-corrected chi connectivity index (χ1v) is 9.72. The van der Waals surface area contributed by atoms with Gasteiger partial charge in [-0.3, -0.25) is 0 Å². The van der Waals surface area contributed by atoms with Gasteiger partial charge in [-0.1, -0.05) is 54.6 Å². The Labute approximate surface area is 157 Å². The number of aryl methyl sites for hydroxylation is 3. The molecule has 0 aromatic heterocycles. The van der Waals surface area contributed by atoms with Crippen LogP contribution in [-0.2, 0) is 0 Å². The summed E-state index contributed by atoms with van der Waals surface area (Å²) in [5, 5.41) is 17.1. The van der Waals surface area contributed by atoms with E-state index in [9.17, 15) is 0 Å². The van der Waals surface area contributed by atoms with Crippen LogP contribution < -0.4 is 0 Å². The predicted octanol–water partition coefficient (Wildman–Crippen LogP) is 7.84. The van der Waals surface area contributed by atoms with Gasteiger partial charge in [0.05, 0.1) is 0 Å². The van der Waals surface area contributed by atoms with Crippen LogP contribution in [0.2, 0.25) is 0 Å². The minimum absolute atomic E-state index is 1.35. The summed E-state index contributed by atoms with van der Waals surface area (Å²) in [7, 11) is 0. The fourth-order valence-corrected chi connectivity index (χ4v) is 5.78. The second kappa shape index (κ2) is 4.23. The Kier molecular flexibility index (Phi) is 2.19. The van der Waals surface area contributed by atoms with Crippen molar-refractivity contribution < 1.29 is 0 Å². The molecule has 7 aromatic rings. The monoisotopic (exact) mass is 342 g/mol. The lowest BCUT2D eigenvalue weighted by Crippen LogP contribution is -1.97. The molecule has 7 aromatic carbocycles. The maximum Gasteiger partial charge on any atom is -0.000834 e. The van der Waals surface area contributed by atoms with Gasteiger partial charge in [0.15, 0.2) is 0 Å². The van der Waals surface area contributed by atoms with E-state index < -0.39 is 0 Å². The highest BCUT2D eigenvalue weighted by molar-refractivity contribution is 6.45. The lowest BCUT2D eigenvalue weighted by Gasteiger charge is -2.23. The zero-order valence-corrected chi connectivity index (χ0v) is 15.7. The molecular weight excluding hydrogens is 324 g/mol. The fraction of sp³-hybridized carbons (Fsp3) is 0.111. The fourth-order valence-electron chi connectivity index (χ4n) is 5.78. The molecule has 0 aliphatic heterocycles. The summed E-state index contributed by atoms with van der Waals surface area (Å²) in [4.78, 5) is 0. The lowest BCUT2D eigenvalue weighted by atomic mass is 9.79. The van der Waals surface area contributed by atoms with Gasteiger partial charge >= 0.3 is 0 Å². The van der Waals surface area contributed by atoms with E-state index in [0.717, 1.165) is 0 Å². The Bertz CT molecular complexity index is 1680. The van der Waals surface area contributed by atoms with Gasteiger partial charge in [0.1, 0.15) is 0 Å². The highest BCUT2D eigenvalue weighted by atomic mass is 14.3. The average molecular weight is 342 g/mol. The maximum atomic E-state index is 2.39. The molecule has 0 radical (unpaired) electrons. The topological polar surface area (TPSA) is 0 Å². The van der Waals surface area contributed by atoms with Crippen molar-refractivity contribution in [1.29, 1.82) is 0 Å². The van der Waals surface area contributed by atoms with Crippen LogP contribution in [0.4, 0.5) is 0 Å². The van der Waals surface area contributed by atoms with Crippen molar-refractivity contribution >= 4 is 64.6 Å². The molecule has 0 saturated heterocycles. The molecule has 0 amide bonds. The van der Waals surface area contributed by atoms with Crippen LogP contribution in [-0.4, -0.2) is 0 Å². The van der Waals surface area contributed by atoms with Crippen LogP contribution in [0.15, 0.2) is 54.6 Å². The zero-order valence-electron chi connectivity index (χ0n) is 15.7. The van der Waals surface area contributed by atoms with Crippen molar-refractivity contribution in [3.63, 3.8) is 0 Å². The van der Waals surface area contributed by atoms with Gasteiger partial charge < -0.3 is 0 Å². The molecule has 0 N–H and O–H groups in total. The molecule has 0 unspecified atom stereocenters. The lowest BCUT2D eigenvalue weighted by molar-refractivity contribution is 1.40. The van der Waals surface area contributed by atoms with Crippen LogP contribution in [0.25, 0.3) is 64.6 Å². The molecule has 0 aliphatic carbocycles. The van der Waals surface area contributed by atoms with Gasteiger partial charge in [-0.15, -0.1) is 0 Å². The molecule has 0 atom stereocenters. The predicted molar refractivity (Wildman–Crippen MR) is 119 cm³/mol. The van der Waals surface area contributed by atoms with Gasteiger partial charge in [0.25, 0.3) is 0 Å². The van der Waals surface area contributed by atoms with Crippen LogP contribution in [0.3, 0.4) is 0 Å². The van der Waals surface area contributed by atoms with Crippen molar-refractivity contribution in [2.45, 2.75) is 20.8 Å². The largest absolute Gasteiger partial charge is 0.0537 e. The van der Waals surface area contributed by atoms with Gasteiger partial charge in [0.2, 0.25) is 0 Å². The quantitative estimate of drug-likeness (QED) is 0.194. The first-order chi connectivity index (χ1) is 13.1. The van der Waals surface area contributed by atoms with E-state index in [1.54, 1.807) is 0 Å². The number of hydrogen-bond donors (Lipinski definition) is 0. The van der Waals surface area contributed by atoms with Crippen molar-refractivity contribution in [2.75, 3.05) is 0 Å². The normalized spacial score (nSPS) is 13.0. The van der Waals surface area contributed by atoms with Crippen LogP contribution in [0, 0.1) is 20.8 Å². The first-order valence-electron chi connectivity index (χ1n) is 9.72. The summed E-state index contributed by atoms with van der Waals surface area (Å²) in [6.45, 7) is 6.87. The standard InChI is InChI=1S/C27H18/c1-13-12-19-9-8-17-5-4-16-6-7-18-10-11-20-14(2)15(3)21(13)27-25(19)23(17)22(16)24(18)26(20)27/h4-12H,1-3H3. The molecule has 27 heavy (non-hydrogen) atoms. The Balaban J connectivity index is 2.09. The molecule has 126 valence electrons. The van der Waals surface area contributed by atoms with E-state index in [1.807, 2.05) is 0 Å². The second-order valence-corrected chi connectivity index (χ2v) is 8.27. The first kappa shape index (κ1) is 14.0. The van der Waals surface area contributed by atoms with Gasteiger partial charge in [-0.25, -0.2) is 0 Å². The molecule has 0 spiro atoms. The Morgan fingerprint density at radius 3 is 1.52 bits per heavy atom. The molecule has 0 heteroatoms. The van der Waals surface area contributed by atoms with Gasteiger partial charge in [0, 0.05) is 0 Å². The van der Waals surface area contributed by atoms with Crippen molar-refractivity contribution in [1.82, 2.24) is 0 Å². The molecular formula is C27H18. The summed E-state index contributed by atoms with van der Waals surface area (Å²) in [5.74, 6) is 0. The molecule has 0 nitrogen and oxygen atoms in total. The second-order valence-electron chi connectivity index (χ2n) is 8.27. The van der Waals surface area contributed by atoms with Crippen molar-refractivity contribution in [3.8, 4) is 0 Å². The smallest absolute Gasteiger partial charge is 0.000834 e. The van der Waals surface area contributed by atoms with E-state index in [2.05, 4.69) is 75.4 Å². The summed E-state index contributed by atoms with van der Waals surface area (Å²) in [6.07, 6.45) is 0. The molecule has 0 heterocycles. The molecule has 0 aliphatic rings. The third-order valence-electron chi connectivity index (χ3n) is 7.04. The third-order valence-corrected chi connectivity index (χ3v) is 7.04. The van der Waals surface area contributed by atoms with Gasteiger partial charge in [-0.2, -0.15) is 0 Å². The van der Waals surface area contributed by atoms with Crippen LogP contribution in [0.1, 0.15) is 16.7 Å². The Morgan fingerprint density at radius 1 is 0.407 bits per heavy atom. The van der Waals surface area contributed by atoms with E-state index >= 15 is 0 Å². The Hall–Kier alpha value is -3.12. The molecule has 0 saturated carbocycles. The molecule has 0 fully saturated rings. The maximum absolute atomic E-state index is 2.39. The highest BCUT2D eigenvalue weighted by Crippen LogP contribution is 2.50. The molecule has 0 bridgehead atoms. The average Bonchev–Trinajstić information content (AvgIpc) is 2.69. The number of hydrogen-bond acceptors (Lipinski definition) is 0. The summed E-state index contributed by atoms with van der Waals surface area (Å²) in [5.41, 5.74) is 4.24. The van der Waals surface area contributed by atoms with E-state index in [-0.39, 0.29) is 0 Å². The minimum Gasteiger partial charge on any atom is -0.0537 e. The highest BCUT2D eigenvalue weighted by Gasteiger charge is 2.22. The van der Waals surface area contributed by atoms with Gasteiger partial charge in [-0.05, 0) is 102 Å². The Morgan fingerprint density at radius 2 is 0.889 bits per heavy atom. The minimum atomic E-state index is 1.35. The summed E-state index contributed by atoms with van der Waals surface area (Å²) >= 11 is 0. The number of rotatable bonds is 0. The number of benzene rings is 7. The third kappa shape index (κ3) is 1.38. The van der Waals surface area contributed by atoms with E-state index in [0.29, 0.717) is 0 Å². The molecule has 7 rings (SSSR count). The van der Waals surface area contributed by atoms with E-state index in [4.69, 9.17) is 0 Å². The van der Waals surface area contributed by atoms with Crippen LogP contribution >= 0.6 is 0 Å². The van der Waals surface area contributed by atoms with Crippen molar-refractivity contribution in [3.05, 3.63) is 71.3 Å².